The fourth-order valence-electron chi connectivity index (χ4n) is 3.02. The lowest BCUT2D eigenvalue weighted by Crippen LogP contribution is -2.40. The number of nitrogens with zero attached hydrogens (tertiary/aromatic N) is 3. The number of carboxylic acids is 1. The molecule has 0 radical (unpaired) electrons. The molecule has 9 nitrogen and oxygen atoms in total. The number of aromatic amines is 1. The average molecular weight is 401 g/mol. The van der Waals surface area contributed by atoms with E-state index in [2.05, 4.69) is 20.7 Å². The number of alkyl halides is 3. The molecule has 2 fully saturated rings. The van der Waals surface area contributed by atoms with Gasteiger partial charge in [-0.1, -0.05) is 5.16 Å². The number of aliphatic carboxylic acids is 1. The van der Waals surface area contributed by atoms with E-state index in [1.54, 1.807) is 12.3 Å². The zero-order chi connectivity index (χ0) is 20.3. The molecular formula is C16H18F3N5O4. The molecule has 4 heterocycles. The van der Waals surface area contributed by atoms with E-state index in [1.165, 1.54) is 0 Å². The lowest BCUT2D eigenvalue weighted by Gasteiger charge is -2.24. The first-order chi connectivity index (χ1) is 13.3. The van der Waals surface area contributed by atoms with Crippen LogP contribution in [-0.2, 0) is 4.79 Å². The van der Waals surface area contributed by atoms with Gasteiger partial charge in [0.2, 0.25) is 5.76 Å². The normalized spacial score (nSPS) is 19.7. The summed E-state index contributed by atoms with van der Waals surface area (Å²) in [6, 6.07) is 1.87. The van der Waals surface area contributed by atoms with Gasteiger partial charge in [0.05, 0.1) is 17.9 Å². The standard InChI is InChI=1S/C14H17N5O2.C2HF3O2/c20-14(13-4-11(18-21-13)9-5-15-6-9)19-3-1-2-12(19)10-7-16-17-8-10;3-2(4,5)1(6)7/h4,7-9,12,15H,1-3,5-6H2,(H,16,17);(H,6,7). The van der Waals surface area contributed by atoms with Gasteiger partial charge in [0, 0.05) is 43.4 Å². The minimum atomic E-state index is -5.08. The molecule has 2 aliphatic rings. The van der Waals surface area contributed by atoms with E-state index >= 15 is 0 Å². The van der Waals surface area contributed by atoms with Crippen molar-refractivity contribution in [2.45, 2.75) is 31.0 Å². The van der Waals surface area contributed by atoms with Crippen LogP contribution in [0.25, 0.3) is 0 Å². The van der Waals surface area contributed by atoms with Crippen LogP contribution < -0.4 is 5.32 Å². The number of hydrogen-bond donors (Lipinski definition) is 3. The number of rotatable bonds is 3. The van der Waals surface area contributed by atoms with Gasteiger partial charge in [-0.05, 0) is 12.8 Å². The Hall–Kier alpha value is -2.89. The topological polar surface area (TPSA) is 124 Å². The highest BCUT2D eigenvalue weighted by molar-refractivity contribution is 5.92. The zero-order valence-electron chi connectivity index (χ0n) is 14.6. The molecule has 3 N–H and O–H groups in total. The second-order valence-electron chi connectivity index (χ2n) is 6.46. The van der Waals surface area contributed by atoms with Gasteiger partial charge in [-0.3, -0.25) is 9.89 Å². The number of carboxylic acid groups (broad SMARTS) is 1. The number of aromatic nitrogens is 3. The molecule has 0 spiro atoms. The van der Waals surface area contributed by atoms with Gasteiger partial charge in [-0.15, -0.1) is 0 Å². The molecule has 28 heavy (non-hydrogen) atoms. The van der Waals surface area contributed by atoms with Gasteiger partial charge in [0.15, 0.2) is 0 Å². The first-order valence-corrected chi connectivity index (χ1v) is 8.54. The lowest BCUT2D eigenvalue weighted by molar-refractivity contribution is -0.192. The second kappa shape index (κ2) is 8.00. The van der Waals surface area contributed by atoms with E-state index in [4.69, 9.17) is 14.4 Å². The van der Waals surface area contributed by atoms with Crippen LogP contribution >= 0.6 is 0 Å². The molecule has 152 valence electrons. The number of hydrogen-bond acceptors (Lipinski definition) is 6. The SMILES string of the molecule is O=C(O)C(F)(F)F.O=C(c1cc(C2CNC2)no1)N1CCCC1c1cn[nH]c1. The summed E-state index contributed by atoms with van der Waals surface area (Å²) in [6.45, 7) is 2.55. The zero-order valence-corrected chi connectivity index (χ0v) is 14.6. The highest BCUT2D eigenvalue weighted by atomic mass is 19.4. The van der Waals surface area contributed by atoms with E-state index in [0.29, 0.717) is 11.7 Å². The maximum atomic E-state index is 12.6. The average Bonchev–Trinajstić information content (AvgIpc) is 3.33. The van der Waals surface area contributed by atoms with Crippen molar-refractivity contribution in [1.82, 2.24) is 25.6 Å². The third kappa shape index (κ3) is 4.32. The summed E-state index contributed by atoms with van der Waals surface area (Å²) in [4.78, 5) is 23.4. The van der Waals surface area contributed by atoms with Crippen LogP contribution in [0.5, 0.6) is 0 Å². The monoisotopic (exact) mass is 401 g/mol. The number of amides is 1. The van der Waals surface area contributed by atoms with E-state index in [-0.39, 0.29) is 11.9 Å². The van der Waals surface area contributed by atoms with Crippen molar-refractivity contribution < 1.29 is 32.4 Å². The van der Waals surface area contributed by atoms with Crippen LogP contribution in [0.2, 0.25) is 0 Å². The van der Waals surface area contributed by atoms with Crippen molar-refractivity contribution in [2.75, 3.05) is 19.6 Å². The number of carbonyl (C=O) groups is 2. The van der Waals surface area contributed by atoms with Gasteiger partial charge in [-0.2, -0.15) is 18.3 Å². The van der Waals surface area contributed by atoms with Gasteiger partial charge < -0.3 is 19.8 Å². The van der Waals surface area contributed by atoms with Crippen molar-refractivity contribution in [3.8, 4) is 0 Å². The molecule has 1 unspecified atom stereocenters. The van der Waals surface area contributed by atoms with E-state index < -0.39 is 12.1 Å². The minimum Gasteiger partial charge on any atom is -0.475 e. The van der Waals surface area contributed by atoms with Crippen LogP contribution in [-0.4, -0.2) is 63.0 Å². The molecule has 0 aliphatic carbocycles. The van der Waals surface area contributed by atoms with Crippen LogP contribution in [0.3, 0.4) is 0 Å². The Morgan fingerprint density at radius 3 is 2.57 bits per heavy atom. The largest absolute Gasteiger partial charge is 0.490 e. The summed E-state index contributed by atoms with van der Waals surface area (Å²) in [5.41, 5.74) is 1.92. The minimum absolute atomic E-state index is 0.0789. The number of halogens is 3. The maximum Gasteiger partial charge on any atom is 0.490 e. The summed E-state index contributed by atoms with van der Waals surface area (Å²) in [5.74, 6) is -2.12. The summed E-state index contributed by atoms with van der Waals surface area (Å²) >= 11 is 0. The summed E-state index contributed by atoms with van der Waals surface area (Å²) < 4.78 is 37.0. The molecule has 0 bridgehead atoms. The molecule has 0 aromatic carbocycles. The fraction of sp³-hybridized carbons (Fsp3) is 0.500. The van der Waals surface area contributed by atoms with E-state index in [0.717, 1.165) is 43.7 Å². The molecule has 1 amide bonds. The lowest BCUT2D eigenvalue weighted by atomic mass is 9.99. The molecule has 2 aliphatic heterocycles. The van der Waals surface area contributed by atoms with Crippen LogP contribution in [0.15, 0.2) is 23.0 Å². The number of H-pyrrole nitrogens is 1. The maximum absolute atomic E-state index is 12.6. The Kier molecular flexibility index (Phi) is 5.68. The second-order valence-corrected chi connectivity index (χ2v) is 6.46. The number of carbonyl (C=O) groups excluding carboxylic acids is 1. The third-order valence-electron chi connectivity index (χ3n) is 4.60. The molecule has 2 saturated heterocycles. The van der Waals surface area contributed by atoms with Crippen LogP contribution in [0.4, 0.5) is 13.2 Å². The Labute approximate surface area is 156 Å². The predicted molar refractivity (Wildman–Crippen MR) is 87.4 cm³/mol. The highest BCUT2D eigenvalue weighted by Gasteiger charge is 2.38. The third-order valence-corrected chi connectivity index (χ3v) is 4.60. The Balaban J connectivity index is 0.000000279. The number of likely N-dealkylation sites (tertiary alicyclic amines) is 1. The van der Waals surface area contributed by atoms with Crippen LogP contribution in [0, 0.1) is 0 Å². The van der Waals surface area contributed by atoms with Crippen molar-refractivity contribution in [3.05, 3.63) is 35.5 Å². The van der Waals surface area contributed by atoms with Crippen molar-refractivity contribution in [2.24, 2.45) is 0 Å². The highest BCUT2D eigenvalue weighted by Crippen LogP contribution is 2.33. The molecule has 4 rings (SSSR count). The Morgan fingerprint density at radius 1 is 1.32 bits per heavy atom. The van der Waals surface area contributed by atoms with Crippen molar-refractivity contribution in [3.63, 3.8) is 0 Å². The van der Waals surface area contributed by atoms with E-state index in [1.807, 2.05) is 11.1 Å². The summed E-state index contributed by atoms with van der Waals surface area (Å²) in [6.07, 6.45) is 0.498. The van der Waals surface area contributed by atoms with Gasteiger partial charge in [0.25, 0.3) is 5.91 Å². The van der Waals surface area contributed by atoms with Crippen molar-refractivity contribution in [1.29, 1.82) is 0 Å². The molecule has 2 aromatic heterocycles. The van der Waals surface area contributed by atoms with Gasteiger partial charge in [-0.25, -0.2) is 4.79 Å². The first-order valence-electron chi connectivity index (χ1n) is 8.54. The van der Waals surface area contributed by atoms with Gasteiger partial charge >= 0.3 is 12.1 Å². The fourth-order valence-corrected chi connectivity index (χ4v) is 3.02. The van der Waals surface area contributed by atoms with Crippen LogP contribution in [0.1, 0.15) is 46.6 Å². The molecular weight excluding hydrogens is 383 g/mol. The molecule has 1 atom stereocenters. The van der Waals surface area contributed by atoms with Gasteiger partial charge in [0.1, 0.15) is 0 Å². The van der Waals surface area contributed by atoms with E-state index in [9.17, 15) is 18.0 Å². The van der Waals surface area contributed by atoms with Crippen molar-refractivity contribution >= 4 is 11.9 Å². The smallest absolute Gasteiger partial charge is 0.475 e. The number of nitrogens with one attached hydrogen (secondary N) is 2. The molecule has 0 saturated carbocycles. The Bertz CT molecular complexity index is 817. The molecule has 2 aromatic rings. The summed E-state index contributed by atoms with van der Waals surface area (Å²) in [5, 5.41) is 21.1. The molecule has 12 heteroatoms. The Morgan fingerprint density at radius 2 is 2.04 bits per heavy atom. The quantitative estimate of drug-likeness (QED) is 0.715. The predicted octanol–water partition coefficient (Wildman–Crippen LogP) is 1.70. The first kappa shape index (κ1) is 19.9. The summed E-state index contributed by atoms with van der Waals surface area (Å²) in [7, 11) is 0.